The fraction of sp³-hybridized carbons (Fsp3) is 0.565. The first kappa shape index (κ1) is 23.7. The summed E-state index contributed by atoms with van der Waals surface area (Å²) in [5.74, 6) is 1.02. The molecule has 166 valence electrons. The van der Waals surface area contributed by atoms with E-state index in [4.69, 9.17) is 9.47 Å². The molecule has 0 bridgehead atoms. The molecule has 30 heavy (non-hydrogen) atoms. The number of unbranched alkanes of at least 4 members (excludes halogenated alkanes) is 3. The first-order valence-corrected chi connectivity index (χ1v) is 11.0. The van der Waals surface area contributed by atoms with Gasteiger partial charge in [-0.1, -0.05) is 40.0 Å². The number of nitrogens with zero attached hydrogens (tertiary/aromatic N) is 3. The van der Waals surface area contributed by atoms with E-state index in [9.17, 15) is 4.79 Å². The number of nitrogens with one attached hydrogen (secondary N) is 1. The van der Waals surface area contributed by atoms with Crippen molar-refractivity contribution in [2.45, 2.75) is 53.0 Å². The highest BCUT2D eigenvalue weighted by Crippen LogP contribution is 2.28. The van der Waals surface area contributed by atoms with Gasteiger partial charge < -0.3 is 19.7 Å². The van der Waals surface area contributed by atoms with Gasteiger partial charge in [-0.25, -0.2) is 0 Å². The molecule has 0 saturated carbocycles. The van der Waals surface area contributed by atoms with E-state index in [1.54, 1.807) is 31.5 Å². The fourth-order valence-corrected chi connectivity index (χ4v) is 3.18. The van der Waals surface area contributed by atoms with Gasteiger partial charge in [-0.3, -0.25) is 9.48 Å². The van der Waals surface area contributed by atoms with E-state index >= 15 is 0 Å². The van der Waals surface area contributed by atoms with Crippen molar-refractivity contribution in [3.63, 3.8) is 0 Å². The summed E-state index contributed by atoms with van der Waals surface area (Å²) in [6, 6.07) is 5.26. The van der Waals surface area contributed by atoms with Gasteiger partial charge in [-0.15, -0.1) is 0 Å². The van der Waals surface area contributed by atoms with Crippen LogP contribution in [0.1, 0.15) is 56.8 Å². The van der Waals surface area contributed by atoms with Gasteiger partial charge in [0.15, 0.2) is 11.5 Å². The summed E-state index contributed by atoms with van der Waals surface area (Å²) < 4.78 is 13.1. The van der Waals surface area contributed by atoms with Crippen LogP contribution in [0, 0.1) is 0 Å². The molecule has 0 spiro atoms. The van der Waals surface area contributed by atoms with Crippen molar-refractivity contribution in [3.05, 3.63) is 36.2 Å². The highest BCUT2D eigenvalue weighted by atomic mass is 16.5. The number of carbonyl (C=O) groups is 1. The minimum absolute atomic E-state index is 0.203. The normalized spacial score (nSPS) is 11.0. The molecule has 1 N–H and O–H groups in total. The number of anilines is 1. The summed E-state index contributed by atoms with van der Waals surface area (Å²) in [5.41, 5.74) is 1.19. The molecular formula is C23H36N4O3. The molecule has 1 heterocycles. The summed E-state index contributed by atoms with van der Waals surface area (Å²) >= 11 is 0. The summed E-state index contributed by atoms with van der Waals surface area (Å²) in [6.07, 6.45) is 8.10. The largest absolute Gasteiger partial charge is 0.493 e. The van der Waals surface area contributed by atoms with Crippen molar-refractivity contribution in [1.82, 2.24) is 14.7 Å². The maximum Gasteiger partial charge on any atom is 0.255 e. The predicted molar refractivity (Wildman–Crippen MR) is 121 cm³/mol. The Labute approximate surface area is 180 Å². The van der Waals surface area contributed by atoms with E-state index in [0.29, 0.717) is 29.4 Å². The summed E-state index contributed by atoms with van der Waals surface area (Å²) in [4.78, 5) is 15.0. The van der Waals surface area contributed by atoms with E-state index < -0.39 is 0 Å². The molecule has 2 rings (SSSR count). The summed E-state index contributed by atoms with van der Waals surface area (Å²) in [5, 5.41) is 7.24. The topological polar surface area (TPSA) is 68.6 Å². The van der Waals surface area contributed by atoms with Crippen LogP contribution in [0.5, 0.6) is 11.5 Å². The molecule has 0 aliphatic heterocycles. The number of ether oxygens (including phenoxy) is 2. The van der Waals surface area contributed by atoms with Gasteiger partial charge in [0.25, 0.3) is 5.91 Å². The van der Waals surface area contributed by atoms with E-state index in [0.717, 1.165) is 39.0 Å². The van der Waals surface area contributed by atoms with Crippen LogP contribution in [0.3, 0.4) is 0 Å². The van der Waals surface area contributed by atoms with Gasteiger partial charge >= 0.3 is 0 Å². The van der Waals surface area contributed by atoms with Crippen LogP contribution in [-0.4, -0.2) is 53.9 Å². The Morgan fingerprint density at radius 3 is 2.63 bits per heavy atom. The number of hydrogen-bond donors (Lipinski definition) is 1. The zero-order chi connectivity index (χ0) is 21.8. The average molecular weight is 417 g/mol. The molecule has 0 atom stereocenters. The third kappa shape index (κ3) is 7.37. The van der Waals surface area contributed by atoms with Crippen molar-refractivity contribution >= 4 is 11.6 Å². The molecule has 7 nitrogen and oxygen atoms in total. The number of hydrogen-bond acceptors (Lipinski definition) is 5. The molecule has 0 aliphatic rings. The Balaban J connectivity index is 1.92. The van der Waals surface area contributed by atoms with Crippen LogP contribution in [-0.2, 0) is 6.54 Å². The van der Waals surface area contributed by atoms with E-state index in [2.05, 4.69) is 36.1 Å². The van der Waals surface area contributed by atoms with Crippen molar-refractivity contribution in [2.75, 3.05) is 38.7 Å². The lowest BCUT2D eigenvalue weighted by atomic mass is 10.2. The van der Waals surface area contributed by atoms with Gasteiger partial charge in [-0.2, -0.15) is 5.10 Å². The summed E-state index contributed by atoms with van der Waals surface area (Å²) in [7, 11) is 1.58. The summed E-state index contributed by atoms with van der Waals surface area (Å²) in [6.45, 7) is 10.9. The van der Waals surface area contributed by atoms with Crippen LogP contribution in [0.15, 0.2) is 30.6 Å². The molecule has 1 aromatic heterocycles. The van der Waals surface area contributed by atoms with Gasteiger partial charge in [0.1, 0.15) is 0 Å². The number of benzene rings is 1. The molecule has 7 heteroatoms. The standard InChI is InChI=1S/C23H36N4O3/c1-5-8-9-10-15-30-21-12-11-19(16-22(21)29-4)23(28)25-20-17-24-27(18-20)14-13-26(6-2)7-3/h11-12,16-18H,5-10,13-15H2,1-4H3,(H,25,28). The van der Waals surface area contributed by atoms with Crippen LogP contribution in [0.25, 0.3) is 0 Å². The van der Waals surface area contributed by atoms with Crippen LogP contribution in [0.2, 0.25) is 0 Å². The molecule has 0 unspecified atom stereocenters. The second kappa shape index (κ2) is 12.9. The predicted octanol–water partition coefficient (Wildman–Crippen LogP) is 4.44. The first-order valence-electron chi connectivity index (χ1n) is 11.0. The SMILES string of the molecule is CCCCCCOc1ccc(C(=O)Nc2cnn(CCN(CC)CC)c2)cc1OC. The highest BCUT2D eigenvalue weighted by Gasteiger charge is 2.12. The Kier molecular flexibility index (Phi) is 10.2. The molecule has 1 aromatic carbocycles. The number of rotatable bonds is 14. The van der Waals surface area contributed by atoms with Crippen molar-refractivity contribution in [2.24, 2.45) is 0 Å². The van der Waals surface area contributed by atoms with E-state index in [1.165, 1.54) is 12.8 Å². The maximum atomic E-state index is 12.6. The smallest absolute Gasteiger partial charge is 0.255 e. The van der Waals surface area contributed by atoms with Gasteiger partial charge in [0.05, 0.1) is 32.1 Å². The van der Waals surface area contributed by atoms with E-state index in [1.807, 2.05) is 10.9 Å². The Morgan fingerprint density at radius 2 is 1.93 bits per heavy atom. The lowest BCUT2D eigenvalue weighted by Gasteiger charge is -2.17. The molecule has 0 aliphatic carbocycles. The highest BCUT2D eigenvalue weighted by molar-refractivity contribution is 6.04. The Hall–Kier alpha value is -2.54. The molecule has 1 amide bonds. The first-order chi connectivity index (χ1) is 14.6. The third-order valence-electron chi connectivity index (χ3n) is 5.11. The van der Waals surface area contributed by atoms with Crippen molar-refractivity contribution < 1.29 is 14.3 Å². The zero-order valence-electron chi connectivity index (χ0n) is 18.8. The van der Waals surface area contributed by atoms with Crippen LogP contribution < -0.4 is 14.8 Å². The second-order valence-corrected chi connectivity index (χ2v) is 7.25. The number of carbonyl (C=O) groups excluding carboxylic acids is 1. The minimum Gasteiger partial charge on any atom is -0.493 e. The number of aromatic nitrogens is 2. The quantitative estimate of drug-likeness (QED) is 0.461. The zero-order valence-corrected chi connectivity index (χ0v) is 18.8. The van der Waals surface area contributed by atoms with E-state index in [-0.39, 0.29) is 5.91 Å². The monoisotopic (exact) mass is 416 g/mol. The molecule has 0 saturated heterocycles. The fourth-order valence-electron chi connectivity index (χ4n) is 3.18. The van der Waals surface area contributed by atoms with Crippen LogP contribution >= 0.6 is 0 Å². The Bertz CT molecular complexity index is 772. The average Bonchev–Trinajstić information content (AvgIpc) is 3.21. The van der Waals surface area contributed by atoms with Gasteiger partial charge in [0.2, 0.25) is 0 Å². The molecule has 0 radical (unpaired) electrons. The third-order valence-corrected chi connectivity index (χ3v) is 5.11. The number of likely N-dealkylation sites (N-methyl/N-ethyl adjacent to an activating group) is 1. The molecule has 2 aromatic rings. The van der Waals surface area contributed by atoms with Crippen molar-refractivity contribution in [3.8, 4) is 11.5 Å². The van der Waals surface area contributed by atoms with Crippen molar-refractivity contribution in [1.29, 1.82) is 0 Å². The molecular weight excluding hydrogens is 380 g/mol. The maximum absolute atomic E-state index is 12.6. The second-order valence-electron chi connectivity index (χ2n) is 7.25. The van der Waals surface area contributed by atoms with Crippen LogP contribution in [0.4, 0.5) is 5.69 Å². The Morgan fingerprint density at radius 1 is 1.13 bits per heavy atom. The minimum atomic E-state index is -0.203. The van der Waals surface area contributed by atoms with Gasteiger partial charge in [-0.05, 0) is 37.7 Å². The van der Waals surface area contributed by atoms with Gasteiger partial charge in [0, 0.05) is 18.3 Å². The lowest BCUT2D eigenvalue weighted by molar-refractivity contribution is 0.102. The molecule has 0 fully saturated rings. The number of methoxy groups -OCH3 is 1. The lowest BCUT2D eigenvalue weighted by Crippen LogP contribution is -2.27. The number of amides is 1.